The van der Waals surface area contributed by atoms with Crippen molar-refractivity contribution in [3.05, 3.63) is 159 Å². The largest absolute Gasteiger partial charge is 0.490 e. The predicted octanol–water partition coefficient (Wildman–Crippen LogP) is 14.2. The zero-order valence-electron chi connectivity index (χ0n) is 50.6. The molecule has 0 radical (unpaired) electrons. The molecule has 6 aromatic carbocycles. The topological polar surface area (TPSA) is 274 Å². The van der Waals surface area contributed by atoms with Crippen LogP contribution in [0.15, 0.2) is 123 Å². The summed E-state index contributed by atoms with van der Waals surface area (Å²) in [5.41, 5.74) is 13.5. The molecule has 3 heterocycles. The summed E-state index contributed by atoms with van der Waals surface area (Å²) in [7, 11) is 0. The molecule has 19 heteroatoms. The highest BCUT2D eigenvalue weighted by atomic mass is 16.5. The molecular weight excluding hydrogens is 1120 g/mol. The number of nitriles is 3. The van der Waals surface area contributed by atoms with Gasteiger partial charge in [0.2, 0.25) is 23.4 Å². The number of nitrogens with zero attached hydrogens (tertiary/aromatic N) is 9. The average molecular weight is 1190 g/mol. The normalized spacial score (nSPS) is 15.0. The van der Waals surface area contributed by atoms with Crippen LogP contribution >= 0.6 is 0 Å². The van der Waals surface area contributed by atoms with Crippen LogP contribution in [-0.4, -0.2) is 67.0 Å². The van der Waals surface area contributed by atoms with Gasteiger partial charge in [0.25, 0.3) is 17.7 Å². The number of ketones is 1. The number of nitrogens with one attached hydrogen (secondary N) is 2. The lowest BCUT2D eigenvalue weighted by molar-refractivity contribution is -0.119. The molecule has 2 N–H and O–H groups in total. The number of carbonyl (C=O) groups excluding carboxylic acids is 2. The minimum Gasteiger partial charge on any atom is -0.490 e. The summed E-state index contributed by atoms with van der Waals surface area (Å²) in [6.45, 7) is 17.2. The summed E-state index contributed by atoms with van der Waals surface area (Å²) in [6.07, 6.45) is 5.62. The van der Waals surface area contributed by atoms with E-state index in [1.807, 2.05) is 90.1 Å². The number of hydrogen-bond donors (Lipinski definition) is 2. The van der Waals surface area contributed by atoms with E-state index >= 15 is 0 Å². The van der Waals surface area contributed by atoms with E-state index in [2.05, 4.69) is 84.4 Å². The fourth-order valence-corrected chi connectivity index (χ4v) is 11.3. The molecule has 0 unspecified atom stereocenters. The zero-order chi connectivity index (χ0) is 62.2. The van der Waals surface area contributed by atoms with E-state index in [1.165, 1.54) is 29.2 Å². The Hall–Kier alpha value is -10.3. The highest BCUT2D eigenvalue weighted by Crippen LogP contribution is 2.41. The molecule has 89 heavy (non-hydrogen) atoms. The minimum atomic E-state index is -0.0432. The van der Waals surface area contributed by atoms with Gasteiger partial charge in [-0.1, -0.05) is 84.4 Å². The Labute approximate surface area is 518 Å². The molecule has 3 atom stereocenters. The van der Waals surface area contributed by atoms with Crippen LogP contribution in [0.3, 0.4) is 0 Å². The molecule has 454 valence electrons. The summed E-state index contributed by atoms with van der Waals surface area (Å²) in [5, 5.41) is 47.2. The first-order chi connectivity index (χ1) is 42.5. The first-order valence-electron chi connectivity index (χ1n) is 29.5. The van der Waals surface area contributed by atoms with Crippen LogP contribution in [0.5, 0.6) is 17.2 Å². The maximum atomic E-state index is 11.5. The van der Waals surface area contributed by atoms with Crippen molar-refractivity contribution in [3.63, 3.8) is 0 Å². The van der Waals surface area contributed by atoms with E-state index in [0.29, 0.717) is 98.2 Å². The SMILES string of the molecule is C.CC(=O)CN[C@@H]1CCc2c(-c3noc(-c4ccc(OC(C)C)c(C#N)c4)n3)cccc21.CC(=O)N[C@@H]1CCc2c(-c3noc(-c4ccc(OC(C)C)c(C#N)c4)n3)cccc21.CC(C)Oc1ccc(-c2nc(-c3cccc4c3CC[C@H]4C)no2)cc1C#N. The Morgan fingerprint density at radius 2 is 0.888 bits per heavy atom. The van der Waals surface area contributed by atoms with Crippen molar-refractivity contribution in [2.45, 2.75) is 145 Å². The van der Waals surface area contributed by atoms with E-state index in [9.17, 15) is 25.4 Å². The standard InChI is InChI=1S/C24H24N4O3.C23H22N4O3.C22H21N3O2.CH4/c1-14(2)30-22-10-7-16(11-17(22)12-25)24-27-23(28-31-24)20-6-4-5-19-18(20)8-9-21(19)26-13-15(3)29;1-13(2)29-21-10-7-15(11-16(21)12-24)23-26-22(27-30-23)19-6-4-5-18-17(19)8-9-20(18)25-14(3)28;1-13(2)26-20-10-8-15(11-16(20)12-23)22-24-21(25-27-22)19-6-4-5-17-14(3)7-9-18(17)19;/h4-7,10-11,14,21,26H,8-9,13H2,1-3H3;4-7,10-11,13,20H,8-9H2,1-3H3,(H,25,28);4-6,8,10-11,13-14H,7,9H2,1-3H3;1H4/t21-;20-;14-;/m111./s1. The zero-order valence-corrected chi connectivity index (χ0v) is 50.6. The van der Waals surface area contributed by atoms with Crippen molar-refractivity contribution in [3.8, 4) is 104 Å². The maximum absolute atomic E-state index is 11.5. The number of rotatable bonds is 16. The summed E-state index contributed by atoms with van der Waals surface area (Å²) in [4.78, 5) is 36.6. The van der Waals surface area contributed by atoms with Crippen molar-refractivity contribution in [2.75, 3.05) is 6.54 Å². The molecule has 3 aromatic heterocycles. The van der Waals surface area contributed by atoms with Crippen LogP contribution in [0.1, 0.15) is 157 Å². The van der Waals surface area contributed by atoms with Crippen molar-refractivity contribution < 1.29 is 37.4 Å². The third-order valence-corrected chi connectivity index (χ3v) is 15.2. The maximum Gasteiger partial charge on any atom is 0.258 e. The molecule has 0 bridgehead atoms. The van der Waals surface area contributed by atoms with Gasteiger partial charge >= 0.3 is 0 Å². The third kappa shape index (κ3) is 14.4. The lowest BCUT2D eigenvalue weighted by Crippen LogP contribution is -2.24. The first-order valence-corrected chi connectivity index (χ1v) is 29.5. The molecule has 3 aliphatic carbocycles. The lowest BCUT2D eigenvalue weighted by Gasteiger charge is -2.13. The smallest absolute Gasteiger partial charge is 0.258 e. The van der Waals surface area contributed by atoms with Crippen molar-refractivity contribution in [1.29, 1.82) is 15.8 Å². The monoisotopic (exact) mass is 1190 g/mol. The van der Waals surface area contributed by atoms with Gasteiger partial charge in [-0.05, 0) is 181 Å². The van der Waals surface area contributed by atoms with E-state index in [4.69, 9.17) is 27.8 Å². The molecule has 0 spiro atoms. The van der Waals surface area contributed by atoms with Gasteiger partial charge in [-0.2, -0.15) is 30.7 Å². The lowest BCUT2D eigenvalue weighted by atomic mass is 9.99. The Morgan fingerprint density at radius 3 is 1.26 bits per heavy atom. The predicted molar refractivity (Wildman–Crippen MR) is 335 cm³/mol. The van der Waals surface area contributed by atoms with Gasteiger partial charge in [0.15, 0.2) is 0 Å². The minimum absolute atomic E-state index is 0. The summed E-state index contributed by atoms with van der Waals surface area (Å²) in [5.74, 6) is 4.96. The van der Waals surface area contributed by atoms with Gasteiger partial charge in [0.1, 0.15) is 41.2 Å². The van der Waals surface area contributed by atoms with E-state index in [-0.39, 0.29) is 49.5 Å². The Bertz CT molecular complexity index is 4180. The van der Waals surface area contributed by atoms with Crippen LogP contribution in [0.2, 0.25) is 0 Å². The van der Waals surface area contributed by atoms with Crippen molar-refractivity contribution in [2.24, 2.45) is 0 Å². The second-order valence-electron chi connectivity index (χ2n) is 22.8. The number of fused-ring (bicyclic) bond motifs is 3. The second-order valence-corrected chi connectivity index (χ2v) is 22.8. The van der Waals surface area contributed by atoms with Gasteiger partial charge in [-0.25, -0.2) is 0 Å². The van der Waals surface area contributed by atoms with Crippen molar-refractivity contribution in [1.82, 2.24) is 41.1 Å². The highest BCUT2D eigenvalue weighted by molar-refractivity contribution is 5.78. The van der Waals surface area contributed by atoms with Crippen LogP contribution in [0, 0.1) is 34.0 Å². The van der Waals surface area contributed by atoms with E-state index in [1.54, 1.807) is 49.4 Å². The average Bonchev–Trinajstić information content (AvgIpc) is 3.81. The van der Waals surface area contributed by atoms with Crippen LogP contribution in [0.25, 0.3) is 68.5 Å². The quantitative estimate of drug-likeness (QED) is 0.0909. The molecule has 0 saturated carbocycles. The first kappa shape index (κ1) is 63.2. The van der Waals surface area contributed by atoms with Gasteiger partial charge in [0.05, 0.1) is 47.6 Å². The molecule has 19 nitrogen and oxygen atoms in total. The molecule has 9 aromatic rings. The second kappa shape index (κ2) is 28.0. The molecule has 3 aliphatic rings. The van der Waals surface area contributed by atoms with E-state index < -0.39 is 0 Å². The number of Topliss-reactive ketones (excluding diaryl/α,β-unsaturated/α-hetero) is 1. The van der Waals surface area contributed by atoms with Crippen LogP contribution in [-0.2, 0) is 28.9 Å². The van der Waals surface area contributed by atoms with Gasteiger partial charge in [0, 0.05) is 46.3 Å². The molecule has 0 aliphatic heterocycles. The fraction of sp³-hybridized carbons (Fsp3) is 0.329. The Balaban J connectivity index is 0.000000158. The molecule has 0 fully saturated rings. The van der Waals surface area contributed by atoms with Crippen LogP contribution < -0.4 is 24.8 Å². The number of amides is 1. The Kier molecular flexibility index (Phi) is 19.9. The molecule has 0 saturated heterocycles. The highest BCUT2D eigenvalue weighted by Gasteiger charge is 2.30. The van der Waals surface area contributed by atoms with Crippen molar-refractivity contribution >= 4 is 11.7 Å². The molecule has 1 amide bonds. The van der Waals surface area contributed by atoms with E-state index in [0.717, 1.165) is 66.3 Å². The Morgan fingerprint density at radius 1 is 0.528 bits per heavy atom. The molecular formula is C70H71N11O8. The fourth-order valence-electron chi connectivity index (χ4n) is 11.3. The summed E-state index contributed by atoms with van der Waals surface area (Å²) < 4.78 is 33.5. The summed E-state index contributed by atoms with van der Waals surface area (Å²) >= 11 is 0. The number of benzene rings is 6. The number of hydrogen-bond acceptors (Lipinski definition) is 18. The van der Waals surface area contributed by atoms with Gasteiger partial charge < -0.3 is 38.4 Å². The number of carbonyl (C=O) groups is 2. The van der Waals surface area contributed by atoms with Crippen LogP contribution in [0.4, 0.5) is 0 Å². The molecule has 12 rings (SSSR count). The summed E-state index contributed by atoms with van der Waals surface area (Å²) in [6, 6.07) is 40.8. The van der Waals surface area contributed by atoms with Gasteiger partial charge in [-0.3, -0.25) is 9.59 Å². The third-order valence-electron chi connectivity index (χ3n) is 15.2. The van der Waals surface area contributed by atoms with Gasteiger partial charge in [-0.15, -0.1) is 0 Å². The number of ether oxygens (including phenoxy) is 3. The number of aromatic nitrogens is 6.